The fraction of sp³-hybridized carbons (Fsp3) is 0.444. The van der Waals surface area contributed by atoms with Gasteiger partial charge in [-0.15, -0.1) is 0 Å². The highest BCUT2D eigenvalue weighted by atomic mass is 16.5. The van der Waals surface area contributed by atoms with E-state index >= 15 is 0 Å². The summed E-state index contributed by atoms with van der Waals surface area (Å²) in [4.78, 5) is 21.4. The molecule has 1 aromatic carbocycles. The monoisotopic (exact) mass is 342 g/mol. The number of hydrogen-bond donors (Lipinski definition) is 1. The molecule has 25 heavy (non-hydrogen) atoms. The predicted molar refractivity (Wildman–Crippen MR) is 95.1 cm³/mol. The van der Waals surface area contributed by atoms with Crippen LogP contribution < -0.4 is 10.1 Å². The summed E-state index contributed by atoms with van der Waals surface area (Å²) in [6, 6.07) is 7.70. The van der Waals surface area contributed by atoms with Gasteiger partial charge in [0.1, 0.15) is 11.3 Å². The maximum Gasteiger partial charge on any atom is 0.321 e. The van der Waals surface area contributed by atoms with Gasteiger partial charge in [0, 0.05) is 37.8 Å². The molecule has 2 saturated heterocycles. The maximum atomic E-state index is 12.7. The number of methoxy groups -OCH3 is 1. The Morgan fingerprint density at radius 3 is 3.12 bits per heavy atom. The first kappa shape index (κ1) is 16.1. The normalized spacial score (nSPS) is 21.0. The van der Waals surface area contributed by atoms with Gasteiger partial charge in [0.2, 0.25) is 0 Å². The fourth-order valence-corrected chi connectivity index (χ4v) is 3.55. The van der Waals surface area contributed by atoms with E-state index in [1.54, 1.807) is 13.3 Å². The number of nitrogens with one attached hydrogen (secondary N) is 1. The number of urea groups is 1. The molecule has 1 atom stereocenters. The number of carbonyl (C=O) groups excluding carboxylic acids is 1. The Kier molecular flexibility index (Phi) is 4.42. The number of hydrogen-bond acceptors (Lipinski definition) is 5. The van der Waals surface area contributed by atoms with Crippen LogP contribution in [0.15, 0.2) is 30.5 Å². The smallest absolute Gasteiger partial charge is 0.321 e. The van der Waals surface area contributed by atoms with Crippen molar-refractivity contribution >= 4 is 22.6 Å². The fourth-order valence-electron chi connectivity index (χ4n) is 3.55. The predicted octanol–water partition coefficient (Wildman–Crippen LogP) is 1.79. The zero-order valence-electron chi connectivity index (χ0n) is 14.3. The summed E-state index contributed by atoms with van der Waals surface area (Å²) in [5.41, 5.74) is 1.49. The van der Waals surface area contributed by atoms with Gasteiger partial charge in [-0.05, 0) is 24.3 Å². The summed E-state index contributed by atoms with van der Waals surface area (Å²) in [6.45, 7) is 4.75. The van der Waals surface area contributed by atoms with Crippen molar-refractivity contribution in [3.8, 4) is 5.75 Å². The van der Waals surface area contributed by atoms with Crippen molar-refractivity contribution in [3.05, 3.63) is 30.5 Å². The molecule has 2 amide bonds. The Morgan fingerprint density at radius 1 is 1.32 bits per heavy atom. The van der Waals surface area contributed by atoms with Gasteiger partial charge in [0.05, 0.1) is 32.1 Å². The van der Waals surface area contributed by atoms with Crippen LogP contribution in [-0.4, -0.2) is 73.4 Å². The summed E-state index contributed by atoms with van der Waals surface area (Å²) in [7, 11) is 1.62. The molecule has 7 nitrogen and oxygen atoms in total. The number of aromatic nitrogens is 1. The number of carbonyl (C=O) groups is 1. The largest absolute Gasteiger partial charge is 0.494 e. The minimum absolute atomic E-state index is 0.0828. The van der Waals surface area contributed by atoms with Crippen LogP contribution in [0.2, 0.25) is 0 Å². The van der Waals surface area contributed by atoms with Crippen molar-refractivity contribution in [2.45, 2.75) is 6.04 Å². The third-order valence-corrected chi connectivity index (χ3v) is 4.92. The number of benzene rings is 1. The molecule has 7 heteroatoms. The molecule has 0 saturated carbocycles. The Hall–Kier alpha value is -2.38. The second-order valence-electron chi connectivity index (χ2n) is 6.36. The highest BCUT2D eigenvalue weighted by Crippen LogP contribution is 2.30. The summed E-state index contributed by atoms with van der Waals surface area (Å²) in [5.74, 6) is 0.696. The Bertz CT molecular complexity index is 782. The van der Waals surface area contributed by atoms with Crippen LogP contribution in [0.25, 0.3) is 10.9 Å². The van der Waals surface area contributed by atoms with Crippen LogP contribution in [0.5, 0.6) is 5.75 Å². The third-order valence-electron chi connectivity index (χ3n) is 4.92. The SMILES string of the molecule is COc1ccc(NC(=O)N2CCN3CCOCC3C2)c2cccnc12. The third kappa shape index (κ3) is 3.12. The molecule has 1 unspecified atom stereocenters. The average molecular weight is 342 g/mol. The number of fused-ring (bicyclic) bond motifs is 2. The molecule has 3 heterocycles. The molecule has 2 fully saturated rings. The van der Waals surface area contributed by atoms with E-state index < -0.39 is 0 Å². The number of rotatable bonds is 2. The standard InChI is InChI=1S/C18H22N4O3/c1-24-16-5-4-15(14-3-2-6-19-17(14)16)20-18(23)22-8-7-21-9-10-25-12-13(21)11-22/h2-6,13H,7-12H2,1H3,(H,20,23). The van der Waals surface area contributed by atoms with E-state index in [1.807, 2.05) is 29.2 Å². The molecule has 132 valence electrons. The minimum Gasteiger partial charge on any atom is -0.494 e. The van der Waals surface area contributed by atoms with Gasteiger partial charge < -0.3 is 19.7 Å². The van der Waals surface area contributed by atoms with Crippen molar-refractivity contribution in [3.63, 3.8) is 0 Å². The molecular formula is C18H22N4O3. The Balaban J connectivity index is 1.52. The second kappa shape index (κ2) is 6.85. The molecule has 1 N–H and O–H groups in total. The topological polar surface area (TPSA) is 66.9 Å². The minimum atomic E-state index is -0.0828. The zero-order valence-corrected chi connectivity index (χ0v) is 14.3. The van der Waals surface area contributed by atoms with E-state index in [0.29, 0.717) is 24.9 Å². The van der Waals surface area contributed by atoms with E-state index in [4.69, 9.17) is 9.47 Å². The lowest BCUT2D eigenvalue weighted by Gasteiger charge is -2.43. The number of morpholine rings is 1. The van der Waals surface area contributed by atoms with Gasteiger partial charge in [-0.25, -0.2) is 4.79 Å². The zero-order chi connectivity index (χ0) is 17.2. The van der Waals surface area contributed by atoms with Crippen LogP contribution in [0.4, 0.5) is 10.5 Å². The summed E-state index contributed by atoms with van der Waals surface area (Å²) >= 11 is 0. The quantitative estimate of drug-likeness (QED) is 0.901. The lowest BCUT2D eigenvalue weighted by molar-refractivity contribution is -0.0355. The first-order chi connectivity index (χ1) is 12.3. The van der Waals surface area contributed by atoms with E-state index in [2.05, 4.69) is 15.2 Å². The van der Waals surface area contributed by atoms with Crippen molar-refractivity contribution in [2.24, 2.45) is 0 Å². The van der Waals surface area contributed by atoms with Gasteiger partial charge in [-0.3, -0.25) is 9.88 Å². The lowest BCUT2D eigenvalue weighted by Crippen LogP contribution is -2.59. The van der Waals surface area contributed by atoms with Crippen LogP contribution >= 0.6 is 0 Å². The van der Waals surface area contributed by atoms with Crippen LogP contribution in [-0.2, 0) is 4.74 Å². The number of nitrogens with zero attached hydrogens (tertiary/aromatic N) is 3. The number of piperazine rings is 1. The lowest BCUT2D eigenvalue weighted by atomic mass is 10.1. The van der Waals surface area contributed by atoms with E-state index in [1.165, 1.54) is 0 Å². The van der Waals surface area contributed by atoms with Gasteiger partial charge in [0.15, 0.2) is 0 Å². The number of pyridine rings is 1. The van der Waals surface area contributed by atoms with E-state index in [-0.39, 0.29) is 6.03 Å². The highest BCUT2D eigenvalue weighted by Gasteiger charge is 2.31. The van der Waals surface area contributed by atoms with E-state index in [9.17, 15) is 4.79 Å². The first-order valence-corrected chi connectivity index (χ1v) is 8.55. The molecule has 4 rings (SSSR count). The maximum absolute atomic E-state index is 12.7. The number of anilines is 1. The van der Waals surface area contributed by atoms with Gasteiger partial charge >= 0.3 is 6.03 Å². The molecule has 2 aliphatic rings. The first-order valence-electron chi connectivity index (χ1n) is 8.55. The van der Waals surface area contributed by atoms with Gasteiger partial charge in [-0.1, -0.05) is 0 Å². The molecule has 0 spiro atoms. The van der Waals surface area contributed by atoms with Crippen molar-refractivity contribution in [1.29, 1.82) is 0 Å². The highest BCUT2D eigenvalue weighted by molar-refractivity contribution is 6.02. The average Bonchev–Trinajstić information content (AvgIpc) is 2.68. The van der Waals surface area contributed by atoms with Gasteiger partial charge in [-0.2, -0.15) is 0 Å². The molecule has 1 aromatic heterocycles. The van der Waals surface area contributed by atoms with Crippen LogP contribution in [0.3, 0.4) is 0 Å². The Labute approximate surface area is 146 Å². The number of ether oxygens (including phenoxy) is 2. The molecule has 0 aliphatic carbocycles. The van der Waals surface area contributed by atoms with E-state index in [0.717, 1.165) is 42.8 Å². The summed E-state index contributed by atoms with van der Waals surface area (Å²) in [5, 5.41) is 3.90. The van der Waals surface area contributed by atoms with Crippen molar-refractivity contribution in [2.75, 3.05) is 51.8 Å². The number of amides is 2. The molecule has 0 bridgehead atoms. The molecule has 2 aliphatic heterocycles. The molecular weight excluding hydrogens is 320 g/mol. The molecule has 0 radical (unpaired) electrons. The van der Waals surface area contributed by atoms with Crippen LogP contribution in [0.1, 0.15) is 0 Å². The van der Waals surface area contributed by atoms with Gasteiger partial charge in [0.25, 0.3) is 0 Å². The summed E-state index contributed by atoms with van der Waals surface area (Å²) in [6.07, 6.45) is 1.72. The molecule has 2 aromatic rings. The van der Waals surface area contributed by atoms with Crippen LogP contribution in [0, 0.1) is 0 Å². The Morgan fingerprint density at radius 2 is 2.24 bits per heavy atom. The van der Waals surface area contributed by atoms with Crippen molar-refractivity contribution < 1.29 is 14.3 Å². The second-order valence-corrected chi connectivity index (χ2v) is 6.36. The summed E-state index contributed by atoms with van der Waals surface area (Å²) < 4.78 is 10.9. The van der Waals surface area contributed by atoms with Crippen molar-refractivity contribution in [1.82, 2.24) is 14.8 Å².